The third-order valence-electron chi connectivity index (χ3n) is 3.93. The highest BCUT2D eigenvalue weighted by Crippen LogP contribution is 2.22. The highest BCUT2D eigenvalue weighted by Gasteiger charge is 2.13. The van der Waals surface area contributed by atoms with Crippen molar-refractivity contribution in [3.8, 4) is 0 Å². The monoisotopic (exact) mass is 393 g/mol. The van der Waals surface area contributed by atoms with Crippen molar-refractivity contribution in [3.63, 3.8) is 0 Å². The highest BCUT2D eigenvalue weighted by molar-refractivity contribution is 14.1. The van der Waals surface area contributed by atoms with Gasteiger partial charge in [0.25, 0.3) is 0 Å². The fourth-order valence-corrected chi connectivity index (χ4v) is 3.05. The van der Waals surface area contributed by atoms with E-state index in [0.29, 0.717) is 0 Å². The molecule has 3 rings (SSSR count). The second-order valence-electron chi connectivity index (χ2n) is 5.52. The van der Waals surface area contributed by atoms with Crippen molar-refractivity contribution in [2.24, 2.45) is 0 Å². The number of anilines is 2. The van der Waals surface area contributed by atoms with Gasteiger partial charge in [-0.25, -0.2) is 4.98 Å². The predicted molar refractivity (Wildman–Crippen MR) is 96.9 cm³/mol. The molecule has 1 aliphatic heterocycles. The third kappa shape index (κ3) is 3.67. The van der Waals surface area contributed by atoms with Gasteiger partial charge in [-0.2, -0.15) is 0 Å². The maximum absolute atomic E-state index is 4.58. The van der Waals surface area contributed by atoms with Gasteiger partial charge in [0.1, 0.15) is 5.82 Å². The van der Waals surface area contributed by atoms with Gasteiger partial charge in [0, 0.05) is 22.7 Å². The molecule has 110 valence electrons. The normalized spacial score (nSPS) is 16.0. The van der Waals surface area contributed by atoms with Crippen LogP contribution in [-0.4, -0.2) is 18.1 Å². The Morgan fingerprint density at radius 1 is 1.10 bits per heavy atom. The summed E-state index contributed by atoms with van der Waals surface area (Å²) in [6, 6.07) is 13.2. The molecule has 1 unspecified atom stereocenters. The second-order valence-corrected chi connectivity index (χ2v) is 6.76. The molecule has 1 atom stereocenters. The SMILES string of the molecule is CC(Nc1ccc(N2CCCC2)nc1)c1ccc(I)cc1. The van der Waals surface area contributed by atoms with Crippen LogP contribution in [0.25, 0.3) is 0 Å². The van der Waals surface area contributed by atoms with Crippen molar-refractivity contribution < 1.29 is 0 Å². The first-order valence-corrected chi connectivity index (χ1v) is 8.53. The van der Waals surface area contributed by atoms with Gasteiger partial charge >= 0.3 is 0 Å². The number of pyridine rings is 1. The van der Waals surface area contributed by atoms with Crippen molar-refractivity contribution >= 4 is 34.1 Å². The molecule has 1 saturated heterocycles. The first kappa shape index (κ1) is 14.6. The van der Waals surface area contributed by atoms with E-state index in [4.69, 9.17) is 0 Å². The van der Waals surface area contributed by atoms with Crippen molar-refractivity contribution in [3.05, 3.63) is 51.7 Å². The zero-order chi connectivity index (χ0) is 14.7. The van der Waals surface area contributed by atoms with Gasteiger partial charge in [-0.3, -0.25) is 0 Å². The van der Waals surface area contributed by atoms with Crippen molar-refractivity contribution in [1.29, 1.82) is 0 Å². The Labute approximate surface area is 139 Å². The molecule has 1 fully saturated rings. The molecular formula is C17H20IN3. The first-order valence-electron chi connectivity index (χ1n) is 7.45. The largest absolute Gasteiger partial charge is 0.377 e. The van der Waals surface area contributed by atoms with Crippen LogP contribution in [0.15, 0.2) is 42.6 Å². The molecular weight excluding hydrogens is 373 g/mol. The first-order chi connectivity index (χ1) is 10.2. The van der Waals surface area contributed by atoms with E-state index in [1.807, 2.05) is 6.20 Å². The van der Waals surface area contributed by atoms with E-state index in [2.05, 4.69) is 81.1 Å². The summed E-state index contributed by atoms with van der Waals surface area (Å²) in [5.41, 5.74) is 2.36. The van der Waals surface area contributed by atoms with E-state index >= 15 is 0 Å². The predicted octanol–water partition coefficient (Wildman–Crippen LogP) is 4.46. The van der Waals surface area contributed by atoms with Crippen LogP contribution in [0.5, 0.6) is 0 Å². The van der Waals surface area contributed by atoms with E-state index < -0.39 is 0 Å². The molecule has 0 radical (unpaired) electrons. The molecule has 0 aliphatic carbocycles. The van der Waals surface area contributed by atoms with Crippen molar-refractivity contribution in [2.75, 3.05) is 23.3 Å². The van der Waals surface area contributed by atoms with Crippen LogP contribution < -0.4 is 10.2 Å². The Kier molecular flexibility index (Phi) is 4.63. The molecule has 1 aliphatic rings. The Balaban J connectivity index is 1.65. The van der Waals surface area contributed by atoms with Crippen LogP contribution in [-0.2, 0) is 0 Å². The van der Waals surface area contributed by atoms with Gasteiger partial charge in [0.05, 0.1) is 11.9 Å². The van der Waals surface area contributed by atoms with Gasteiger partial charge < -0.3 is 10.2 Å². The molecule has 0 bridgehead atoms. The lowest BCUT2D eigenvalue weighted by atomic mass is 10.1. The number of halogens is 1. The summed E-state index contributed by atoms with van der Waals surface area (Å²) in [4.78, 5) is 6.94. The maximum Gasteiger partial charge on any atom is 0.128 e. The maximum atomic E-state index is 4.58. The second kappa shape index (κ2) is 6.64. The number of nitrogens with one attached hydrogen (secondary N) is 1. The van der Waals surface area contributed by atoms with Crippen molar-refractivity contribution in [1.82, 2.24) is 4.98 Å². The summed E-state index contributed by atoms with van der Waals surface area (Å²) in [5, 5.41) is 3.51. The molecule has 0 spiro atoms. The van der Waals surface area contributed by atoms with Crippen LogP contribution in [0.1, 0.15) is 31.4 Å². The lowest BCUT2D eigenvalue weighted by molar-refractivity contribution is 0.880. The van der Waals surface area contributed by atoms with Gasteiger partial charge in [-0.15, -0.1) is 0 Å². The van der Waals surface area contributed by atoms with E-state index in [1.165, 1.54) is 22.0 Å². The topological polar surface area (TPSA) is 28.2 Å². The van der Waals surface area contributed by atoms with Gasteiger partial charge in [-0.1, -0.05) is 12.1 Å². The van der Waals surface area contributed by atoms with E-state index in [-0.39, 0.29) is 6.04 Å². The number of benzene rings is 1. The quantitative estimate of drug-likeness (QED) is 0.778. The molecule has 2 aromatic rings. The Hall–Kier alpha value is -1.30. The standard InChI is InChI=1S/C17H20IN3/c1-13(14-4-6-15(18)7-5-14)20-16-8-9-17(19-12-16)21-10-2-3-11-21/h4-9,12-13,20H,2-3,10-11H2,1H3. The smallest absolute Gasteiger partial charge is 0.128 e. The number of hydrogen-bond acceptors (Lipinski definition) is 3. The summed E-state index contributed by atoms with van der Waals surface area (Å²) in [7, 11) is 0. The third-order valence-corrected chi connectivity index (χ3v) is 4.65. The summed E-state index contributed by atoms with van der Waals surface area (Å²) >= 11 is 2.33. The molecule has 1 aromatic carbocycles. The van der Waals surface area contributed by atoms with Gasteiger partial charge in [0.2, 0.25) is 0 Å². The molecule has 0 saturated carbocycles. The average Bonchev–Trinajstić information content (AvgIpc) is 3.03. The van der Waals surface area contributed by atoms with E-state index in [1.54, 1.807) is 0 Å². The minimum Gasteiger partial charge on any atom is -0.377 e. The van der Waals surface area contributed by atoms with Crippen LogP contribution in [0.4, 0.5) is 11.5 Å². The highest BCUT2D eigenvalue weighted by atomic mass is 127. The van der Waals surface area contributed by atoms with Crippen LogP contribution in [0.3, 0.4) is 0 Å². The molecule has 3 nitrogen and oxygen atoms in total. The van der Waals surface area contributed by atoms with E-state index in [9.17, 15) is 0 Å². The zero-order valence-electron chi connectivity index (χ0n) is 12.2. The van der Waals surface area contributed by atoms with Gasteiger partial charge in [0.15, 0.2) is 0 Å². The summed E-state index contributed by atoms with van der Waals surface area (Å²) in [5.74, 6) is 1.10. The Morgan fingerprint density at radius 2 is 1.81 bits per heavy atom. The summed E-state index contributed by atoms with van der Waals surface area (Å²) < 4.78 is 1.26. The molecule has 0 amide bonds. The van der Waals surface area contributed by atoms with E-state index in [0.717, 1.165) is 24.6 Å². The van der Waals surface area contributed by atoms with Crippen LogP contribution >= 0.6 is 22.6 Å². The molecule has 21 heavy (non-hydrogen) atoms. The lowest BCUT2D eigenvalue weighted by Gasteiger charge is -2.18. The number of aromatic nitrogens is 1. The lowest BCUT2D eigenvalue weighted by Crippen LogP contribution is -2.18. The number of rotatable bonds is 4. The van der Waals surface area contributed by atoms with Gasteiger partial charge in [-0.05, 0) is 72.2 Å². The Bertz CT molecular complexity index is 574. The molecule has 4 heteroatoms. The Morgan fingerprint density at radius 3 is 2.43 bits per heavy atom. The van der Waals surface area contributed by atoms with Crippen molar-refractivity contribution in [2.45, 2.75) is 25.8 Å². The fourth-order valence-electron chi connectivity index (χ4n) is 2.69. The number of nitrogens with zero attached hydrogens (tertiary/aromatic N) is 2. The summed E-state index contributed by atoms with van der Waals surface area (Å²) in [6.45, 7) is 4.45. The van der Waals surface area contributed by atoms with Crippen LogP contribution in [0, 0.1) is 3.57 Å². The number of hydrogen-bond donors (Lipinski definition) is 1. The van der Waals surface area contributed by atoms with Crippen LogP contribution in [0.2, 0.25) is 0 Å². The minimum atomic E-state index is 0.279. The minimum absolute atomic E-state index is 0.279. The zero-order valence-corrected chi connectivity index (χ0v) is 14.4. The molecule has 2 heterocycles. The summed E-state index contributed by atoms with van der Waals surface area (Å²) in [6.07, 6.45) is 4.51. The fraction of sp³-hybridized carbons (Fsp3) is 0.353. The molecule has 1 aromatic heterocycles. The average molecular weight is 393 g/mol. The molecule has 1 N–H and O–H groups in total.